The van der Waals surface area contributed by atoms with Crippen molar-refractivity contribution >= 4 is 28.7 Å². The van der Waals surface area contributed by atoms with Crippen LogP contribution in [-0.2, 0) is 21.6 Å². The first kappa shape index (κ1) is 37.7. The Balaban J connectivity index is 0.958. The van der Waals surface area contributed by atoms with Crippen LogP contribution in [0.5, 0.6) is 11.5 Å². The Morgan fingerprint density at radius 1 is 0.944 bits per heavy atom. The summed E-state index contributed by atoms with van der Waals surface area (Å²) in [6, 6.07) is 27.1. The first-order valence-corrected chi connectivity index (χ1v) is 17.7. The van der Waals surface area contributed by atoms with Crippen LogP contribution in [0.3, 0.4) is 0 Å². The van der Waals surface area contributed by atoms with Crippen molar-refractivity contribution in [1.82, 2.24) is 20.5 Å². The number of aromatic hydroxyl groups is 1. The van der Waals surface area contributed by atoms with E-state index in [4.69, 9.17) is 4.74 Å². The van der Waals surface area contributed by atoms with Crippen molar-refractivity contribution in [2.45, 2.75) is 37.0 Å². The molecule has 2 heterocycles. The Hall–Kier alpha value is -6.02. The molecule has 1 aliphatic rings. The molecule has 3 atom stereocenters. The topological polar surface area (TPSA) is 202 Å². The van der Waals surface area contributed by atoms with Gasteiger partial charge in [-0.2, -0.15) is 0 Å². The van der Waals surface area contributed by atoms with Crippen LogP contribution in [0.25, 0.3) is 10.9 Å². The highest BCUT2D eigenvalue weighted by Gasteiger charge is 2.40. The molecule has 0 radical (unpaired) electrons. The number of fused-ring (bicyclic) bond motifs is 1. The second-order valence-electron chi connectivity index (χ2n) is 13.3. The van der Waals surface area contributed by atoms with Crippen LogP contribution in [0, 0.1) is 0 Å². The van der Waals surface area contributed by atoms with Gasteiger partial charge in [0, 0.05) is 48.3 Å². The van der Waals surface area contributed by atoms with Crippen molar-refractivity contribution in [3.63, 3.8) is 0 Å². The minimum atomic E-state index is -2.30. The standard InChI is InChI=1S/C41H42N4O9/c46-34-17-15-32(33-16-18-36(48)44-38(33)34)35(47)23-42-20-19-26-11-13-27(14-12-26)39(50)43-30-9-5-21-45(24-30)37(49)25-54-31-10-4-8-29(22-31)41(53,40(51)52)28-6-2-1-3-7-28/h1-4,6-8,10-18,22,30,35,42,46-47,53H,5,9,19-21,23-25H2,(H,43,50)(H,44,48)(H,51,52)/t30-,35+,41+/m1/s1. The summed E-state index contributed by atoms with van der Waals surface area (Å²) < 4.78 is 5.74. The number of rotatable bonds is 14. The van der Waals surface area contributed by atoms with Crippen LogP contribution in [0.4, 0.5) is 0 Å². The monoisotopic (exact) mass is 734 g/mol. The molecule has 13 nitrogen and oxygen atoms in total. The number of H-pyrrole nitrogens is 1. The molecule has 1 aliphatic heterocycles. The van der Waals surface area contributed by atoms with Gasteiger partial charge in [-0.3, -0.25) is 14.4 Å². The van der Waals surface area contributed by atoms with Crippen molar-refractivity contribution < 1.29 is 39.5 Å². The number of nitrogens with zero attached hydrogens (tertiary/aromatic N) is 1. The van der Waals surface area contributed by atoms with Gasteiger partial charge in [0.25, 0.3) is 11.8 Å². The second-order valence-corrected chi connectivity index (χ2v) is 13.3. The number of aliphatic hydroxyl groups excluding tert-OH is 1. The van der Waals surface area contributed by atoms with Crippen molar-refractivity contribution in [2.24, 2.45) is 0 Å². The number of phenols is 1. The molecule has 280 valence electrons. The van der Waals surface area contributed by atoms with E-state index < -0.39 is 17.7 Å². The van der Waals surface area contributed by atoms with E-state index in [9.17, 15) is 39.6 Å². The highest BCUT2D eigenvalue weighted by Crippen LogP contribution is 2.32. The number of likely N-dealkylation sites (tertiary alicyclic amines) is 1. The zero-order valence-corrected chi connectivity index (χ0v) is 29.4. The number of aromatic nitrogens is 1. The molecule has 0 saturated carbocycles. The minimum absolute atomic E-state index is 0.0676. The molecule has 13 heteroatoms. The fraction of sp³-hybridized carbons (Fsp3) is 0.268. The molecule has 1 fully saturated rings. The molecule has 0 aliphatic carbocycles. The summed E-state index contributed by atoms with van der Waals surface area (Å²) in [6.45, 7) is 1.34. The average molecular weight is 735 g/mol. The average Bonchev–Trinajstić information content (AvgIpc) is 3.19. The number of piperidine rings is 1. The number of hydrogen-bond donors (Lipinski definition) is 7. The van der Waals surface area contributed by atoms with E-state index in [0.29, 0.717) is 55.4 Å². The number of nitrogens with one attached hydrogen (secondary N) is 3. The maximum Gasteiger partial charge on any atom is 0.345 e. The lowest BCUT2D eigenvalue weighted by Gasteiger charge is -2.33. The summed E-state index contributed by atoms with van der Waals surface area (Å²) in [6.07, 6.45) is 1.18. The number of pyridine rings is 1. The lowest BCUT2D eigenvalue weighted by atomic mass is 9.86. The third kappa shape index (κ3) is 8.60. The highest BCUT2D eigenvalue weighted by atomic mass is 16.5. The lowest BCUT2D eigenvalue weighted by Crippen LogP contribution is -2.50. The normalized spacial score (nSPS) is 16.0. The molecule has 2 amide bonds. The van der Waals surface area contributed by atoms with Gasteiger partial charge in [-0.25, -0.2) is 4.79 Å². The van der Waals surface area contributed by atoms with Crippen LogP contribution < -0.4 is 20.9 Å². The van der Waals surface area contributed by atoms with Gasteiger partial charge in [0.2, 0.25) is 11.2 Å². The summed E-state index contributed by atoms with van der Waals surface area (Å²) in [5, 5.41) is 48.8. The molecule has 4 aromatic carbocycles. The molecular weight excluding hydrogens is 692 g/mol. The molecule has 6 rings (SSSR count). The Labute approximate surface area is 310 Å². The maximum atomic E-state index is 13.1. The van der Waals surface area contributed by atoms with Gasteiger partial charge in [-0.1, -0.05) is 60.7 Å². The van der Waals surface area contributed by atoms with Gasteiger partial charge in [0.05, 0.1) is 11.6 Å². The number of benzene rings is 4. The summed E-state index contributed by atoms with van der Waals surface area (Å²) in [4.78, 5) is 54.3. The number of phenolic OH excluding ortho intramolecular Hbond substituents is 1. The van der Waals surface area contributed by atoms with Crippen molar-refractivity contribution in [1.29, 1.82) is 0 Å². The third-order valence-corrected chi connectivity index (χ3v) is 9.63. The zero-order chi connectivity index (χ0) is 38.2. The smallest absolute Gasteiger partial charge is 0.345 e. The number of carboxylic acids is 1. The largest absolute Gasteiger partial charge is 0.506 e. The maximum absolute atomic E-state index is 13.1. The predicted octanol–water partition coefficient (Wildman–Crippen LogP) is 3.22. The second kappa shape index (κ2) is 16.8. The van der Waals surface area contributed by atoms with E-state index >= 15 is 0 Å². The molecule has 54 heavy (non-hydrogen) atoms. The molecule has 0 bridgehead atoms. The summed E-state index contributed by atoms with van der Waals surface area (Å²) >= 11 is 0. The van der Waals surface area contributed by atoms with Crippen LogP contribution in [0.1, 0.15) is 51.6 Å². The summed E-state index contributed by atoms with van der Waals surface area (Å²) in [5.41, 5.74) is -0.0222. The molecule has 0 unspecified atom stereocenters. The fourth-order valence-corrected chi connectivity index (χ4v) is 6.68. The lowest BCUT2D eigenvalue weighted by molar-refractivity contribution is -0.155. The zero-order valence-electron chi connectivity index (χ0n) is 29.4. The summed E-state index contributed by atoms with van der Waals surface area (Å²) in [5.74, 6) is -1.81. The van der Waals surface area contributed by atoms with Crippen molar-refractivity contribution in [2.75, 3.05) is 32.8 Å². The van der Waals surface area contributed by atoms with E-state index in [0.717, 1.165) is 5.56 Å². The van der Waals surface area contributed by atoms with E-state index in [1.165, 1.54) is 36.4 Å². The van der Waals surface area contributed by atoms with E-state index in [2.05, 4.69) is 15.6 Å². The number of ether oxygens (including phenoxy) is 1. The van der Waals surface area contributed by atoms with Gasteiger partial charge in [-0.15, -0.1) is 0 Å². The van der Waals surface area contributed by atoms with E-state index in [1.54, 1.807) is 59.5 Å². The van der Waals surface area contributed by atoms with Crippen LogP contribution in [0.2, 0.25) is 0 Å². The molecule has 1 saturated heterocycles. The van der Waals surface area contributed by atoms with Crippen LogP contribution in [-0.4, -0.2) is 86.9 Å². The number of aliphatic hydroxyl groups is 2. The van der Waals surface area contributed by atoms with Gasteiger partial charge in [0.1, 0.15) is 11.5 Å². The first-order valence-electron chi connectivity index (χ1n) is 17.7. The van der Waals surface area contributed by atoms with Gasteiger partial charge in [-0.05, 0) is 78.9 Å². The third-order valence-electron chi connectivity index (χ3n) is 9.63. The SMILES string of the molecule is O=C(N[C@@H]1CCCN(C(=O)COc2cccc([C@](O)(C(=O)O)c3ccccc3)c2)C1)c1ccc(CCNC[C@H](O)c2ccc(O)c3[nH]c(=O)ccc23)cc1. The van der Waals surface area contributed by atoms with Gasteiger partial charge < -0.3 is 45.7 Å². The molecule has 5 aromatic rings. The number of carbonyl (C=O) groups is 3. The molecule has 0 spiro atoms. The molecular formula is C41H42N4O9. The Morgan fingerprint density at radius 2 is 1.70 bits per heavy atom. The number of aliphatic carboxylic acids is 1. The fourth-order valence-electron chi connectivity index (χ4n) is 6.68. The number of carbonyl (C=O) groups excluding carboxylic acids is 2. The Morgan fingerprint density at radius 3 is 2.46 bits per heavy atom. The van der Waals surface area contributed by atoms with E-state index in [-0.39, 0.29) is 64.7 Å². The number of hydrogen-bond acceptors (Lipinski definition) is 9. The Kier molecular flexibility index (Phi) is 11.7. The van der Waals surface area contributed by atoms with Crippen LogP contribution >= 0.6 is 0 Å². The van der Waals surface area contributed by atoms with Gasteiger partial charge in [0.15, 0.2) is 6.61 Å². The quantitative estimate of drug-likeness (QED) is 0.0831. The minimum Gasteiger partial charge on any atom is -0.506 e. The molecule has 7 N–H and O–H groups in total. The molecule has 1 aromatic heterocycles. The predicted molar refractivity (Wildman–Crippen MR) is 200 cm³/mol. The van der Waals surface area contributed by atoms with Crippen LogP contribution in [0.15, 0.2) is 108 Å². The van der Waals surface area contributed by atoms with Crippen molar-refractivity contribution in [3.05, 3.63) is 141 Å². The first-order chi connectivity index (χ1) is 26.0. The Bertz CT molecular complexity index is 2170. The number of carboxylic acid groups (broad SMARTS) is 1. The van der Waals surface area contributed by atoms with E-state index in [1.807, 2.05) is 12.1 Å². The summed E-state index contributed by atoms with van der Waals surface area (Å²) in [7, 11) is 0. The number of amides is 2. The van der Waals surface area contributed by atoms with Crippen molar-refractivity contribution in [3.8, 4) is 11.5 Å². The highest BCUT2D eigenvalue weighted by molar-refractivity contribution is 5.94. The van der Waals surface area contributed by atoms with Gasteiger partial charge >= 0.3 is 5.97 Å². The number of aromatic amines is 1.